The first-order chi connectivity index (χ1) is 13.9. The SMILES string of the molecule is Cc1cc(C)c(NC(=S)N(CCCn2ccnc2)Cc2ccccc2C)c(C)c1. The van der Waals surface area contributed by atoms with Gasteiger partial charge >= 0.3 is 0 Å². The second-order valence-electron chi connectivity index (χ2n) is 7.71. The molecule has 29 heavy (non-hydrogen) atoms. The molecular weight excluding hydrogens is 376 g/mol. The molecule has 0 saturated carbocycles. The summed E-state index contributed by atoms with van der Waals surface area (Å²) in [5.74, 6) is 0. The third-order valence-corrected chi connectivity index (χ3v) is 5.58. The van der Waals surface area contributed by atoms with Gasteiger partial charge in [0, 0.05) is 37.7 Å². The summed E-state index contributed by atoms with van der Waals surface area (Å²) in [5, 5.41) is 4.30. The van der Waals surface area contributed by atoms with E-state index in [0.717, 1.165) is 36.9 Å². The number of nitrogens with one attached hydrogen (secondary N) is 1. The summed E-state index contributed by atoms with van der Waals surface area (Å²) >= 11 is 5.86. The normalized spacial score (nSPS) is 10.8. The number of imidazole rings is 1. The maximum Gasteiger partial charge on any atom is 0.173 e. The van der Waals surface area contributed by atoms with Gasteiger partial charge in [-0.3, -0.25) is 0 Å². The van der Waals surface area contributed by atoms with Crippen molar-refractivity contribution in [1.29, 1.82) is 0 Å². The van der Waals surface area contributed by atoms with E-state index in [1.54, 1.807) is 0 Å². The first kappa shape index (κ1) is 21.1. The topological polar surface area (TPSA) is 33.1 Å². The Labute approximate surface area is 179 Å². The van der Waals surface area contributed by atoms with Gasteiger partial charge in [-0.25, -0.2) is 4.98 Å². The Hall–Kier alpha value is -2.66. The summed E-state index contributed by atoms with van der Waals surface area (Å²) in [6, 6.07) is 12.9. The standard InChI is InChI=1S/C24H30N4S/c1-18-14-20(3)23(21(4)15-18)26-24(29)28(12-7-11-27-13-10-25-17-27)16-22-9-6-5-8-19(22)2/h5-6,8-10,13-15,17H,7,11-12,16H2,1-4H3,(H,26,29). The zero-order chi connectivity index (χ0) is 20.8. The predicted octanol–water partition coefficient (Wildman–Crippen LogP) is 5.41. The van der Waals surface area contributed by atoms with Gasteiger partial charge in [0.2, 0.25) is 0 Å². The van der Waals surface area contributed by atoms with E-state index in [9.17, 15) is 0 Å². The molecule has 3 aromatic rings. The van der Waals surface area contributed by atoms with Crippen LogP contribution in [0.1, 0.15) is 34.2 Å². The molecule has 0 aliphatic carbocycles. The number of hydrogen-bond acceptors (Lipinski definition) is 2. The third kappa shape index (κ3) is 5.67. The molecule has 0 unspecified atom stereocenters. The molecule has 3 rings (SSSR count). The zero-order valence-electron chi connectivity index (χ0n) is 17.8. The molecule has 0 amide bonds. The molecule has 5 heteroatoms. The number of rotatable bonds is 7. The van der Waals surface area contributed by atoms with Gasteiger partial charge in [0.15, 0.2) is 5.11 Å². The van der Waals surface area contributed by atoms with E-state index < -0.39 is 0 Å². The van der Waals surface area contributed by atoms with Crippen molar-refractivity contribution in [3.05, 3.63) is 82.9 Å². The van der Waals surface area contributed by atoms with Gasteiger partial charge in [-0.1, -0.05) is 42.0 Å². The Morgan fingerprint density at radius 1 is 1.07 bits per heavy atom. The van der Waals surface area contributed by atoms with E-state index in [0.29, 0.717) is 0 Å². The largest absolute Gasteiger partial charge is 0.345 e. The number of benzene rings is 2. The molecule has 152 valence electrons. The van der Waals surface area contributed by atoms with Gasteiger partial charge < -0.3 is 14.8 Å². The Balaban J connectivity index is 1.75. The van der Waals surface area contributed by atoms with Gasteiger partial charge in [-0.15, -0.1) is 0 Å². The molecule has 4 nitrogen and oxygen atoms in total. The van der Waals surface area contributed by atoms with Crippen LogP contribution in [0.15, 0.2) is 55.1 Å². The fourth-order valence-electron chi connectivity index (χ4n) is 3.67. The van der Waals surface area contributed by atoms with Crippen LogP contribution in [0, 0.1) is 27.7 Å². The quantitative estimate of drug-likeness (QED) is 0.532. The molecule has 0 radical (unpaired) electrons. The molecule has 1 heterocycles. The van der Waals surface area contributed by atoms with Crippen LogP contribution in [0.4, 0.5) is 5.69 Å². The molecule has 0 aliphatic rings. The highest BCUT2D eigenvalue weighted by molar-refractivity contribution is 7.80. The molecule has 0 aliphatic heterocycles. The number of aromatic nitrogens is 2. The number of thiocarbonyl (C=S) groups is 1. The van der Waals surface area contributed by atoms with Crippen LogP contribution in [0.25, 0.3) is 0 Å². The molecule has 0 bridgehead atoms. The Kier molecular flexibility index (Phi) is 7.04. The van der Waals surface area contributed by atoms with Crippen LogP contribution in [-0.2, 0) is 13.1 Å². The lowest BCUT2D eigenvalue weighted by Crippen LogP contribution is -2.36. The summed E-state index contributed by atoms with van der Waals surface area (Å²) in [6.45, 7) is 11.2. The number of aryl methyl sites for hydroxylation is 5. The van der Waals surface area contributed by atoms with Crippen molar-refractivity contribution in [1.82, 2.24) is 14.5 Å². The highest BCUT2D eigenvalue weighted by atomic mass is 32.1. The fourth-order valence-corrected chi connectivity index (χ4v) is 3.93. The molecule has 0 atom stereocenters. The fraction of sp³-hybridized carbons (Fsp3) is 0.333. The molecular formula is C24H30N4S. The molecule has 2 aromatic carbocycles. The van der Waals surface area contributed by atoms with Crippen molar-refractivity contribution in [2.45, 2.75) is 47.2 Å². The summed E-state index contributed by atoms with van der Waals surface area (Å²) < 4.78 is 2.11. The summed E-state index contributed by atoms with van der Waals surface area (Å²) in [6.07, 6.45) is 6.68. The van der Waals surface area contributed by atoms with Crippen LogP contribution in [-0.4, -0.2) is 26.1 Å². The molecule has 0 fully saturated rings. The number of anilines is 1. The van der Waals surface area contributed by atoms with E-state index in [-0.39, 0.29) is 0 Å². The Morgan fingerprint density at radius 3 is 2.45 bits per heavy atom. The van der Waals surface area contributed by atoms with E-state index in [1.807, 2.05) is 18.7 Å². The number of hydrogen-bond donors (Lipinski definition) is 1. The van der Waals surface area contributed by atoms with E-state index >= 15 is 0 Å². The average Bonchev–Trinajstić information content (AvgIpc) is 3.18. The highest BCUT2D eigenvalue weighted by Crippen LogP contribution is 2.23. The predicted molar refractivity (Wildman–Crippen MR) is 125 cm³/mol. The van der Waals surface area contributed by atoms with Crippen molar-refractivity contribution in [2.75, 3.05) is 11.9 Å². The van der Waals surface area contributed by atoms with Gasteiger partial charge in [0.05, 0.1) is 6.33 Å². The Bertz CT molecular complexity index is 940. The van der Waals surface area contributed by atoms with Crippen LogP contribution >= 0.6 is 12.2 Å². The molecule has 0 spiro atoms. The van der Waals surface area contributed by atoms with Crippen molar-refractivity contribution in [2.24, 2.45) is 0 Å². The smallest absolute Gasteiger partial charge is 0.173 e. The lowest BCUT2D eigenvalue weighted by atomic mass is 10.1. The summed E-state index contributed by atoms with van der Waals surface area (Å²) in [4.78, 5) is 6.40. The minimum absolute atomic E-state index is 0.772. The van der Waals surface area contributed by atoms with Gasteiger partial charge in [0.1, 0.15) is 0 Å². The van der Waals surface area contributed by atoms with E-state index in [2.05, 4.69) is 83.9 Å². The van der Waals surface area contributed by atoms with Crippen molar-refractivity contribution < 1.29 is 0 Å². The lowest BCUT2D eigenvalue weighted by molar-refractivity contribution is 0.395. The van der Waals surface area contributed by atoms with Crippen molar-refractivity contribution in [3.63, 3.8) is 0 Å². The monoisotopic (exact) mass is 406 g/mol. The minimum Gasteiger partial charge on any atom is -0.345 e. The van der Waals surface area contributed by atoms with E-state index in [4.69, 9.17) is 12.2 Å². The maximum atomic E-state index is 5.86. The highest BCUT2D eigenvalue weighted by Gasteiger charge is 2.14. The van der Waals surface area contributed by atoms with E-state index in [1.165, 1.54) is 27.8 Å². The van der Waals surface area contributed by atoms with Gasteiger partial charge in [-0.2, -0.15) is 0 Å². The molecule has 0 saturated heterocycles. The molecule has 1 N–H and O–H groups in total. The first-order valence-electron chi connectivity index (χ1n) is 10.1. The summed E-state index contributed by atoms with van der Waals surface area (Å²) in [5.41, 5.74) is 7.42. The van der Waals surface area contributed by atoms with Crippen molar-refractivity contribution >= 4 is 23.0 Å². The zero-order valence-corrected chi connectivity index (χ0v) is 18.6. The van der Waals surface area contributed by atoms with Crippen LogP contribution in [0.5, 0.6) is 0 Å². The van der Waals surface area contributed by atoms with Gasteiger partial charge in [0.25, 0.3) is 0 Å². The second kappa shape index (κ2) is 9.70. The van der Waals surface area contributed by atoms with Crippen LogP contribution < -0.4 is 5.32 Å². The second-order valence-corrected chi connectivity index (χ2v) is 8.09. The Morgan fingerprint density at radius 2 is 1.79 bits per heavy atom. The van der Waals surface area contributed by atoms with Crippen molar-refractivity contribution in [3.8, 4) is 0 Å². The summed E-state index contributed by atoms with van der Waals surface area (Å²) in [7, 11) is 0. The third-order valence-electron chi connectivity index (χ3n) is 5.22. The van der Waals surface area contributed by atoms with Crippen LogP contribution in [0.3, 0.4) is 0 Å². The van der Waals surface area contributed by atoms with Crippen LogP contribution in [0.2, 0.25) is 0 Å². The van der Waals surface area contributed by atoms with Gasteiger partial charge in [-0.05, 0) is 68.6 Å². The molecule has 1 aromatic heterocycles. The minimum atomic E-state index is 0.772. The number of nitrogens with zero attached hydrogens (tertiary/aromatic N) is 3. The first-order valence-corrected chi connectivity index (χ1v) is 10.5. The lowest BCUT2D eigenvalue weighted by Gasteiger charge is -2.28. The average molecular weight is 407 g/mol. The maximum absolute atomic E-state index is 5.86.